The van der Waals surface area contributed by atoms with Gasteiger partial charge in [-0.15, -0.1) is 0 Å². The molecule has 228 valence electrons. The van der Waals surface area contributed by atoms with E-state index in [1.165, 1.54) is 23.0 Å². The van der Waals surface area contributed by atoms with Crippen LogP contribution >= 0.6 is 46.1 Å². The Labute approximate surface area is 273 Å². The van der Waals surface area contributed by atoms with Crippen LogP contribution < -0.4 is 24.4 Å². The van der Waals surface area contributed by atoms with Crippen LogP contribution in [0.2, 0.25) is 15.1 Å². The molecule has 1 atom stereocenters. The molecule has 1 aromatic heterocycles. The van der Waals surface area contributed by atoms with Gasteiger partial charge >= 0.3 is 5.97 Å². The number of methoxy groups -OCH3 is 1. The first kappa shape index (κ1) is 31.9. The predicted octanol–water partition coefficient (Wildman–Crippen LogP) is 7.13. The molecule has 0 amide bonds. The van der Waals surface area contributed by atoms with Crippen LogP contribution in [0.15, 0.2) is 81.7 Å². The Morgan fingerprint density at radius 2 is 1.82 bits per heavy atom. The molecule has 7 nitrogen and oxygen atoms in total. The molecular weight excluding hydrogens is 643 g/mol. The first-order valence-corrected chi connectivity index (χ1v) is 15.9. The lowest BCUT2D eigenvalue weighted by molar-refractivity contribution is -0.139. The molecule has 44 heavy (non-hydrogen) atoms. The van der Waals surface area contributed by atoms with E-state index in [4.69, 9.17) is 54.0 Å². The quantitative estimate of drug-likeness (QED) is 0.168. The van der Waals surface area contributed by atoms with E-state index in [9.17, 15) is 9.59 Å². The van der Waals surface area contributed by atoms with Crippen LogP contribution in [0.5, 0.6) is 11.5 Å². The van der Waals surface area contributed by atoms with E-state index in [2.05, 4.69) is 0 Å². The minimum atomic E-state index is -0.846. The number of nitrogens with zero attached hydrogens (tertiary/aromatic N) is 2. The van der Waals surface area contributed by atoms with Crippen molar-refractivity contribution in [3.05, 3.63) is 123 Å². The second-order valence-corrected chi connectivity index (χ2v) is 12.2. The van der Waals surface area contributed by atoms with Crippen molar-refractivity contribution in [3.63, 3.8) is 0 Å². The van der Waals surface area contributed by atoms with Gasteiger partial charge < -0.3 is 14.2 Å². The van der Waals surface area contributed by atoms with Crippen LogP contribution in [-0.2, 0) is 16.1 Å². The Morgan fingerprint density at radius 1 is 1.05 bits per heavy atom. The lowest BCUT2D eigenvalue weighted by Crippen LogP contribution is -2.40. The second-order valence-electron chi connectivity index (χ2n) is 9.90. The van der Waals surface area contributed by atoms with Crippen LogP contribution in [0.1, 0.15) is 49.4 Å². The topological polar surface area (TPSA) is 79.1 Å². The molecule has 0 N–H and O–H groups in total. The van der Waals surface area contributed by atoms with Crippen molar-refractivity contribution in [2.75, 3.05) is 13.7 Å². The Bertz CT molecular complexity index is 1930. The van der Waals surface area contributed by atoms with E-state index in [0.29, 0.717) is 59.2 Å². The molecule has 0 radical (unpaired) electrons. The van der Waals surface area contributed by atoms with E-state index in [1.807, 2.05) is 37.3 Å². The average Bonchev–Trinajstić information content (AvgIpc) is 3.30. The van der Waals surface area contributed by atoms with Gasteiger partial charge in [0.1, 0.15) is 24.1 Å². The summed E-state index contributed by atoms with van der Waals surface area (Å²) in [6, 6.07) is 16.9. The minimum Gasteiger partial charge on any atom is -0.496 e. The number of halogens is 3. The monoisotopic (exact) mass is 670 g/mol. The Kier molecular flexibility index (Phi) is 10.2. The Hall–Kier alpha value is -3.56. The predicted molar refractivity (Wildman–Crippen MR) is 175 cm³/mol. The second kappa shape index (κ2) is 14.0. The lowest BCUT2D eigenvalue weighted by atomic mass is 9.93. The van der Waals surface area contributed by atoms with Gasteiger partial charge in [-0.05, 0) is 67.4 Å². The molecule has 0 bridgehead atoms. The molecule has 1 aliphatic heterocycles. The van der Waals surface area contributed by atoms with Crippen LogP contribution in [0, 0.1) is 0 Å². The van der Waals surface area contributed by atoms with E-state index in [0.717, 1.165) is 17.5 Å². The maximum atomic E-state index is 14.1. The van der Waals surface area contributed by atoms with Gasteiger partial charge in [0.15, 0.2) is 4.80 Å². The highest BCUT2D eigenvalue weighted by Gasteiger charge is 2.36. The summed E-state index contributed by atoms with van der Waals surface area (Å²) in [5, 5.41) is 1.51. The number of thiazole rings is 1. The van der Waals surface area contributed by atoms with E-state index < -0.39 is 12.0 Å². The van der Waals surface area contributed by atoms with Gasteiger partial charge in [0.05, 0.1) is 29.5 Å². The maximum Gasteiger partial charge on any atom is 0.338 e. The number of hydrogen-bond acceptors (Lipinski definition) is 7. The fourth-order valence-corrected chi connectivity index (χ4v) is 6.64. The summed E-state index contributed by atoms with van der Waals surface area (Å²) in [4.78, 5) is 32.8. The summed E-state index contributed by atoms with van der Waals surface area (Å²) in [6.45, 7) is 4.17. The van der Waals surface area contributed by atoms with Gasteiger partial charge in [0, 0.05) is 26.2 Å². The first-order valence-electron chi connectivity index (χ1n) is 14.0. The third-order valence-electron chi connectivity index (χ3n) is 6.94. The van der Waals surface area contributed by atoms with Gasteiger partial charge in [-0.2, -0.15) is 0 Å². The first-order chi connectivity index (χ1) is 21.2. The number of hydrogen-bond donors (Lipinski definition) is 0. The lowest BCUT2D eigenvalue weighted by Gasteiger charge is -2.27. The number of allylic oxidation sites excluding steroid dienone is 1. The highest BCUT2D eigenvalue weighted by molar-refractivity contribution is 7.07. The van der Waals surface area contributed by atoms with Crippen molar-refractivity contribution >= 4 is 58.2 Å². The number of ether oxygens (including phenoxy) is 3. The fourth-order valence-electron chi connectivity index (χ4n) is 4.98. The van der Waals surface area contributed by atoms with Crippen molar-refractivity contribution in [3.8, 4) is 11.5 Å². The zero-order valence-corrected chi connectivity index (χ0v) is 27.3. The van der Waals surface area contributed by atoms with Crippen molar-refractivity contribution in [2.45, 2.75) is 39.3 Å². The molecule has 0 spiro atoms. The van der Waals surface area contributed by atoms with Crippen molar-refractivity contribution in [1.82, 2.24) is 4.57 Å². The number of esters is 1. The molecule has 0 saturated heterocycles. The molecule has 0 fully saturated rings. The summed E-state index contributed by atoms with van der Waals surface area (Å²) in [5.41, 5.74) is 2.68. The third kappa shape index (κ3) is 6.74. The van der Waals surface area contributed by atoms with Crippen LogP contribution in [0.3, 0.4) is 0 Å². The van der Waals surface area contributed by atoms with Gasteiger partial charge in [0.2, 0.25) is 0 Å². The Morgan fingerprint density at radius 3 is 2.55 bits per heavy atom. The van der Waals surface area contributed by atoms with Gasteiger partial charge in [-0.3, -0.25) is 9.36 Å². The zero-order valence-electron chi connectivity index (χ0n) is 24.2. The summed E-state index contributed by atoms with van der Waals surface area (Å²) < 4.78 is 19.1. The molecule has 5 rings (SSSR count). The number of carbonyl (C=O) groups is 1. The number of rotatable bonds is 10. The van der Waals surface area contributed by atoms with Crippen molar-refractivity contribution in [1.29, 1.82) is 0 Å². The molecule has 0 saturated carbocycles. The number of fused-ring (bicyclic) bond motifs is 1. The zero-order chi connectivity index (χ0) is 31.4. The maximum absolute atomic E-state index is 14.1. The number of aromatic nitrogens is 1. The molecule has 4 aromatic rings. The molecular formula is C33H29Cl3N2O5S. The summed E-state index contributed by atoms with van der Waals surface area (Å²) in [5.74, 6) is 0.555. The number of benzene rings is 3. The summed E-state index contributed by atoms with van der Waals surface area (Å²) in [7, 11) is 1.53. The normalized spacial score (nSPS) is 14.7. The number of carbonyl (C=O) groups excluding carboxylic acids is 1. The van der Waals surface area contributed by atoms with Crippen molar-refractivity contribution in [2.24, 2.45) is 4.99 Å². The van der Waals surface area contributed by atoms with E-state index >= 15 is 0 Å². The van der Waals surface area contributed by atoms with Gasteiger partial charge in [0.25, 0.3) is 5.56 Å². The largest absolute Gasteiger partial charge is 0.496 e. The molecule has 2 heterocycles. The van der Waals surface area contributed by atoms with Crippen molar-refractivity contribution < 1.29 is 19.0 Å². The molecule has 1 aliphatic rings. The molecule has 11 heteroatoms. The molecule has 0 aliphatic carbocycles. The Balaban J connectivity index is 1.61. The standard InChI is InChI=1S/C33H29Cl3N2O5S/c1-4-7-26-29(32(40)42-5-2)30(24-16-21(34)12-13-27(24)41-3)38-31(39)28(44-33(38)37-26)15-19-8-6-9-23(14-19)43-18-20-10-11-22(35)17-25(20)36/h6,8-17,30H,4-5,7,18H2,1-3H3/b28-15+/t30-/m1/s1. The van der Waals surface area contributed by atoms with Gasteiger partial charge in [-0.1, -0.05) is 77.7 Å². The minimum absolute atomic E-state index is 0.175. The van der Waals surface area contributed by atoms with Crippen LogP contribution in [0.4, 0.5) is 0 Å². The highest BCUT2D eigenvalue weighted by Crippen LogP contribution is 2.38. The van der Waals surface area contributed by atoms with Gasteiger partial charge in [-0.25, -0.2) is 9.79 Å². The summed E-state index contributed by atoms with van der Waals surface area (Å²) >= 11 is 20.0. The smallest absolute Gasteiger partial charge is 0.338 e. The molecule has 0 unspecified atom stereocenters. The SMILES string of the molecule is CCCC1=C(C(=O)OCC)[C@@H](c2cc(Cl)ccc2OC)n2c(s/c(=C/c3cccc(OCc4ccc(Cl)cc4Cl)c3)c2=O)=N1. The highest BCUT2D eigenvalue weighted by atomic mass is 35.5. The van der Waals surface area contributed by atoms with E-state index in [1.54, 1.807) is 43.3 Å². The van der Waals surface area contributed by atoms with Crippen LogP contribution in [0.25, 0.3) is 6.08 Å². The third-order valence-corrected chi connectivity index (χ3v) is 8.75. The van der Waals surface area contributed by atoms with E-state index in [-0.39, 0.29) is 18.8 Å². The summed E-state index contributed by atoms with van der Waals surface area (Å²) in [6.07, 6.45) is 3.05. The fraction of sp³-hybridized carbons (Fsp3) is 0.242. The molecule has 3 aromatic carbocycles. The van der Waals surface area contributed by atoms with Crippen LogP contribution in [-0.4, -0.2) is 24.3 Å². The average molecular weight is 672 g/mol.